The Labute approximate surface area is 240 Å². The van der Waals surface area contributed by atoms with E-state index < -0.39 is 23.5 Å². The first-order chi connectivity index (χ1) is 19.6. The fraction of sp³-hybridized carbons (Fsp3) is 0.0667. The lowest BCUT2D eigenvalue weighted by atomic mass is 10.0. The minimum absolute atomic E-state index is 0.0355. The van der Waals surface area contributed by atoms with Gasteiger partial charge in [0.1, 0.15) is 11.6 Å². The van der Waals surface area contributed by atoms with Crippen LogP contribution in [0.5, 0.6) is 0 Å². The van der Waals surface area contributed by atoms with Crippen LogP contribution < -0.4 is 4.90 Å². The van der Waals surface area contributed by atoms with Gasteiger partial charge in [-0.15, -0.1) is 21.5 Å². The summed E-state index contributed by atoms with van der Waals surface area (Å²) in [6.45, 7) is 0. The van der Waals surface area contributed by atoms with Crippen molar-refractivity contribution < 1.29 is 19.1 Å². The molecule has 1 N–H and O–H groups in total. The third kappa shape index (κ3) is 4.21. The molecule has 0 fully saturated rings. The maximum Gasteiger partial charge on any atom is 0.296 e. The molecule has 6 aromatic rings. The number of para-hydroxylation sites is 1. The molecule has 0 bridgehead atoms. The van der Waals surface area contributed by atoms with Crippen LogP contribution in [0.3, 0.4) is 0 Å². The second-order valence-corrected chi connectivity index (χ2v) is 12.3. The van der Waals surface area contributed by atoms with Crippen molar-refractivity contribution in [2.45, 2.75) is 16.1 Å². The van der Waals surface area contributed by atoms with E-state index in [1.807, 2.05) is 53.9 Å². The quantitative estimate of drug-likeness (QED) is 0.118. The van der Waals surface area contributed by atoms with Crippen LogP contribution >= 0.6 is 34.4 Å². The number of aliphatic hydroxyl groups excluding tert-OH is 1. The minimum Gasteiger partial charge on any atom is -0.503 e. The molecule has 7 nitrogen and oxygen atoms in total. The molecule has 0 saturated carbocycles. The van der Waals surface area contributed by atoms with Gasteiger partial charge in [0.25, 0.3) is 5.91 Å². The van der Waals surface area contributed by atoms with E-state index in [9.17, 15) is 14.7 Å². The molecule has 1 aliphatic heterocycles. The van der Waals surface area contributed by atoms with Crippen molar-refractivity contribution >= 4 is 73.0 Å². The lowest BCUT2D eigenvalue weighted by molar-refractivity contribution is -0.117. The first-order valence-corrected chi connectivity index (χ1v) is 15.0. The molecule has 3 aromatic carbocycles. The second kappa shape index (κ2) is 10.1. The normalized spacial score (nSPS) is 15.6. The molecule has 1 amide bonds. The predicted octanol–water partition coefficient (Wildman–Crippen LogP) is 7.57. The van der Waals surface area contributed by atoms with Gasteiger partial charge in [-0.25, -0.2) is 0 Å². The van der Waals surface area contributed by atoms with Crippen molar-refractivity contribution in [3.05, 3.63) is 118 Å². The summed E-state index contributed by atoms with van der Waals surface area (Å²) in [6, 6.07) is 26.1. The smallest absolute Gasteiger partial charge is 0.296 e. The highest BCUT2D eigenvalue weighted by Crippen LogP contribution is 2.45. The van der Waals surface area contributed by atoms with Crippen LogP contribution in [0.1, 0.15) is 27.0 Å². The molecule has 0 aliphatic carbocycles. The first kappa shape index (κ1) is 24.8. The molecule has 3 aromatic heterocycles. The average Bonchev–Trinajstić information content (AvgIpc) is 3.78. The zero-order valence-electron chi connectivity index (χ0n) is 20.7. The van der Waals surface area contributed by atoms with Crippen LogP contribution in [0.2, 0.25) is 0 Å². The number of hydrogen-bond acceptors (Lipinski definition) is 9. The van der Waals surface area contributed by atoms with E-state index >= 15 is 0 Å². The van der Waals surface area contributed by atoms with E-state index in [-0.39, 0.29) is 11.3 Å². The van der Waals surface area contributed by atoms with Crippen molar-refractivity contribution in [3.63, 3.8) is 0 Å². The van der Waals surface area contributed by atoms with E-state index in [4.69, 9.17) is 4.42 Å². The summed E-state index contributed by atoms with van der Waals surface area (Å²) in [4.78, 5) is 29.2. The number of ketones is 1. The fourth-order valence-electron chi connectivity index (χ4n) is 4.89. The number of rotatable bonds is 7. The molecular formula is C30H19N3O4S3. The largest absolute Gasteiger partial charge is 0.503 e. The molecule has 0 saturated heterocycles. The van der Waals surface area contributed by atoms with Crippen molar-refractivity contribution in [3.8, 4) is 0 Å². The maximum atomic E-state index is 13.7. The molecule has 10 heteroatoms. The summed E-state index contributed by atoms with van der Waals surface area (Å²) in [5.74, 6) is -1.11. The summed E-state index contributed by atoms with van der Waals surface area (Å²) in [7, 11) is 0. The minimum atomic E-state index is -0.850. The monoisotopic (exact) mass is 581 g/mol. The van der Waals surface area contributed by atoms with Crippen molar-refractivity contribution in [1.82, 2.24) is 10.2 Å². The third-order valence-corrected chi connectivity index (χ3v) is 9.78. The summed E-state index contributed by atoms with van der Waals surface area (Å²) >= 11 is 4.17. The summed E-state index contributed by atoms with van der Waals surface area (Å²) < 4.78 is 6.47. The van der Waals surface area contributed by atoms with Crippen LogP contribution in [0.15, 0.2) is 110 Å². The number of benzene rings is 3. The fourth-order valence-corrected chi connectivity index (χ4v) is 7.59. The predicted molar refractivity (Wildman–Crippen MR) is 158 cm³/mol. The Morgan fingerprint density at radius 1 is 0.975 bits per heavy atom. The standard InChI is InChI=1S/C30H19N3O4S3/c34-26(22-15-18-8-2-4-12-21(18)37-22)24-25(23-13-6-14-38-23)33(28(36)27(24)35)29-31-32-30(40-29)39-16-19-10-5-9-17-7-1-3-11-20(17)19/h1-15,25,35H,16H2/t25-/m1/s1. The number of carbonyl (C=O) groups excluding carboxylic acids is 2. The maximum absolute atomic E-state index is 13.7. The Morgan fingerprint density at radius 2 is 1.77 bits per heavy atom. The Bertz CT molecular complexity index is 1900. The van der Waals surface area contributed by atoms with E-state index in [1.165, 1.54) is 55.7 Å². The van der Waals surface area contributed by atoms with Crippen LogP contribution in [0.4, 0.5) is 5.13 Å². The first-order valence-electron chi connectivity index (χ1n) is 12.3. The van der Waals surface area contributed by atoms with Gasteiger partial charge in [0.15, 0.2) is 15.9 Å². The Balaban J connectivity index is 1.20. The zero-order chi connectivity index (χ0) is 27.2. The van der Waals surface area contributed by atoms with E-state index in [1.54, 1.807) is 12.1 Å². The van der Waals surface area contributed by atoms with Gasteiger partial charge in [0.2, 0.25) is 10.9 Å². The number of amides is 1. The molecule has 40 heavy (non-hydrogen) atoms. The van der Waals surface area contributed by atoms with E-state index in [0.29, 0.717) is 20.8 Å². The molecule has 0 unspecified atom stereocenters. The number of thiophene rings is 1. The van der Waals surface area contributed by atoms with Crippen LogP contribution in [0, 0.1) is 0 Å². The van der Waals surface area contributed by atoms with Gasteiger partial charge >= 0.3 is 0 Å². The highest BCUT2D eigenvalue weighted by Gasteiger charge is 2.47. The van der Waals surface area contributed by atoms with E-state index in [0.717, 1.165) is 10.3 Å². The van der Waals surface area contributed by atoms with Crippen molar-refractivity contribution in [1.29, 1.82) is 0 Å². The summed E-state index contributed by atoms with van der Waals surface area (Å²) in [5, 5.41) is 24.9. The van der Waals surface area contributed by atoms with Crippen molar-refractivity contribution in [2.75, 3.05) is 4.90 Å². The molecule has 7 rings (SSSR count). The lowest BCUT2D eigenvalue weighted by Gasteiger charge is -2.22. The SMILES string of the molecule is O=C(C1=C(O)C(=O)N(c2nnc(SCc3cccc4ccccc34)s2)[C@@H]1c1cccs1)c1cc2ccccc2o1. The number of thioether (sulfide) groups is 1. The number of hydrogen-bond donors (Lipinski definition) is 1. The topological polar surface area (TPSA) is 96.5 Å². The zero-order valence-corrected chi connectivity index (χ0v) is 23.1. The number of carbonyl (C=O) groups is 2. The Hall–Kier alpha value is -4.25. The summed E-state index contributed by atoms with van der Waals surface area (Å²) in [6.07, 6.45) is 0. The van der Waals surface area contributed by atoms with Crippen molar-refractivity contribution in [2.24, 2.45) is 0 Å². The number of furan rings is 1. The number of aromatic nitrogens is 2. The van der Waals surface area contributed by atoms with Crippen LogP contribution in [-0.4, -0.2) is 27.0 Å². The average molecular weight is 582 g/mol. The van der Waals surface area contributed by atoms with Crippen LogP contribution in [0.25, 0.3) is 21.7 Å². The van der Waals surface area contributed by atoms with Gasteiger partial charge in [0.05, 0.1) is 5.57 Å². The number of fused-ring (bicyclic) bond motifs is 2. The van der Waals surface area contributed by atoms with Gasteiger partial charge in [-0.1, -0.05) is 89.8 Å². The number of nitrogens with zero attached hydrogens (tertiary/aromatic N) is 3. The molecule has 1 atom stereocenters. The van der Waals surface area contributed by atoms with Gasteiger partial charge < -0.3 is 9.52 Å². The molecule has 1 aliphatic rings. The van der Waals surface area contributed by atoms with Gasteiger partial charge in [-0.3, -0.25) is 14.5 Å². The number of aliphatic hydroxyl groups is 1. The molecular weight excluding hydrogens is 563 g/mol. The number of Topliss-reactive ketones (excluding diaryl/α,β-unsaturated/α-hetero) is 1. The highest BCUT2D eigenvalue weighted by atomic mass is 32.2. The second-order valence-electron chi connectivity index (χ2n) is 9.11. The highest BCUT2D eigenvalue weighted by molar-refractivity contribution is 8.00. The Morgan fingerprint density at radius 3 is 2.60 bits per heavy atom. The molecule has 0 spiro atoms. The molecule has 196 valence electrons. The Kier molecular flexibility index (Phi) is 6.22. The molecule has 4 heterocycles. The van der Waals surface area contributed by atoms with Gasteiger partial charge in [0, 0.05) is 16.0 Å². The van der Waals surface area contributed by atoms with Gasteiger partial charge in [-0.05, 0) is 39.9 Å². The molecule has 0 radical (unpaired) electrons. The van der Waals surface area contributed by atoms with Crippen LogP contribution in [-0.2, 0) is 10.5 Å². The van der Waals surface area contributed by atoms with E-state index in [2.05, 4.69) is 34.5 Å². The third-order valence-electron chi connectivity index (χ3n) is 6.75. The summed E-state index contributed by atoms with van der Waals surface area (Å²) in [5.41, 5.74) is 1.69. The lowest BCUT2D eigenvalue weighted by Crippen LogP contribution is -2.30. The van der Waals surface area contributed by atoms with Gasteiger partial charge in [-0.2, -0.15) is 0 Å². The number of anilines is 1.